The molecule has 106 valence electrons. The van der Waals surface area contributed by atoms with Crippen LogP contribution in [0.15, 0.2) is 42.5 Å². The lowest BCUT2D eigenvalue weighted by Crippen LogP contribution is -2.16. The molecule has 0 aliphatic rings. The van der Waals surface area contributed by atoms with Crippen LogP contribution in [0.4, 0.5) is 5.69 Å². The van der Waals surface area contributed by atoms with Crippen molar-refractivity contribution in [3.05, 3.63) is 64.2 Å². The second-order valence-electron chi connectivity index (χ2n) is 5.34. The van der Waals surface area contributed by atoms with E-state index in [1.165, 1.54) is 11.1 Å². The number of benzene rings is 2. The van der Waals surface area contributed by atoms with Gasteiger partial charge in [0.2, 0.25) is 0 Å². The van der Waals surface area contributed by atoms with Gasteiger partial charge in [0.1, 0.15) is 0 Å². The third-order valence-corrected chi connectivity index (χ3v) is 3.78. The lowest BCUT2D eigenvalue weighted by Gasteiger charge is -2.21. The quantitative estimate of drug-likeness (QED) is 0.908. The van der Waals surface area contributed by atoms with Crippen molar-refractivity contribution in [1.29, 1.82) is 0 Å². The molecule has 0 saturated carbocycles. The molecule has 0 amide bonds. The normalized spacial score (nSPS) is 12.2. The van der Waals surface area contributed by atoms with Crippen LogP contribution >= 0.6 is 11.6 Å². The SMILES string of the molecule is Cc1ccc(CN(C)c2ccc(C(C)N)c(Cl)c2)cc1. The first-order chi connectivity index (χ1) is 9.47. The molecule has 0 bridgehead atoms. The van der Waals surface area contributed by atoms with Gasteiger partial charge in [-0.25, -0.2) is 0 Å². The molecule has 2 N–H and O–H groups in total. The number of nitrogens with zero attached hydrogens (tertiary/aromatic N) is 1. The van der Waals surface area contributed by atoms with E-state index in [-0.39, 0.29) is 6.04 Å². The summed E-state index contributed by atoms with van der Waals surface area (Å²) in [6.45, 7) is 4.89. The molecule has 2 rings (SSSR count). The van der Waals surface area contributed by atoms with Gasteiger partial charge in [-0.15, -0.1) is 0 Å². The van der Waals surface area contributed by atoms with E-state index < -0.39 is 0 Å². The Balaban J connectivity index is 2.15. The molecule has 0 spiro atoms. The molecule has 0 fully saturated rings. The first kappa shape index (κ1) is 14.9. The predicted molar refractivity (Wildman–Crippen MR) is 87.3 cm³/mol. The summed E-state index contributed by atoms with van der Waals surface area (Å²) in [6, 6.07) is 14.6. The van der Waals surface area contributed by atoms with E-state index >= 15 is 0 Å². The average molecular weight is 289 g/mol. The second kappa shape index (κ2) is 6.29. The molecule has 20 heavy (non-hydrogen) atoms. The standard InChI is InChI=1S/C17H21ClN2/c1-12-4-6-14(7-5-12)11-20(3)15-8-9-16(13(2)19)17(18)10-15/h4-10,13H,11,19H2,1-3H3. The number of rotatable bonds is 4. The minimum atomic E-state index is -0.0426. The zero-order chi connectivity index (χ0) is 14.7. The topological polar surface area (TPSA) is 29.3 Å². The van der Waals surface area contributed by atoms with Gasteiger partial charge in [-0.2, -0.15) is 0 Å². The highest BCUT2D eigenvalue weighted by Crippen LogP contribution is 2.27. The van der Waals surface area contributed by atoms with Crippen LogP contribution in [0.5, 0.6) is 0 Å². The van der Waals surface area contributed by atoms with Crippen LogP contribution in [0.2, 0.25) is 5.02 Å². The Kier molecular flexibility index (Phi) is 4.69. The molecular weight excluding hydrogens is 268 g/mol. The van der Waals surface area contributed by atoms with Crippen molar-refractivity contribution in [2.75, 3.05) is 11.9 Å². The molecular formula is C17H21ClN2. The number of anilines is 1. The van der Waals surface area contributed by atoms with Crippen molar-refractivity contribution in [3.63, 3.8) is 0 Å². The fraction of sp³-hybridized carbons (Fsp3) is 0.294. The van der Waals surface area contributed by atoms with Gasteiger partial charge < -0.3 is 10.6 Å². The van der Waals surface area contributed by atoms with Gasteiger partial charge in [-0.05, 0) is 37.1 Å². The molecule has 2 aromatic rings. The number of hydrogen-bond acceptors (Lipinski definition) is 2. The van der Waals surface area contributed by atoms with Crippen molar-refractivity contribution in [3.8, 4) is 0 Å². The molecule has 0 aliphatic heterocycles. The fourth-order valence-electron chi connectivity index (χ4n) is 2.18. The van der Waals surface area contributed by atoms with E-state index in [1.807, 2.05) is 19.1 Å². The second-order valence-corrected chi connectivity index (χ2v) is 5.74. The smallest absolute Gasteiger partial charge is 0.0474 e. The molecule has 2 nitrogen and oxygen atoms in total. The van der Waals surface area contributed by atoms with Gasteiger partial charge in [0, 0.05) is 30.3 Å². The summed E-state index contributed by atoms with van der Waals surface area (Å²) >= 11 is 6.29. The fourth-order valence-corrected chi connectivity index (χ4v) is 2.53. The largest absolute Gasteiger partial charge is 0.370 e. The molecule has 0 saturated heterocycles. The number of nitrogens with two attached hydrogens (primary N) is 1. The van der Waals surface area contributed by atoms with Crippen molar-refractivity contribution in [2.45, 2.75) is 26.4 Å². The molecule has 2 aromatic carbocycles. The monoisotopic (exact) mass is 288 g/mol. The molecule has 1 atom stereocenters. The minimum absolute atomic E-state index is 0.0426. The molecule has 1 unspecified atom stereocenters. The highest BCUT2D eigenvalue weighted by molar-refractivity contribution is 6.31. The Hall–Kier alpha value is -1.51. The number of hydrogen-bond donors (Lipinski definition) is 1. The maximum atomic E-state index is 6.29. The van der Waals surface area contributed by atoms with Crippen LogP contribution in [-0.4, -0.2) is 7.05 Å². The molecule has 0 aromatic heterocycles. The Morgan fingerprint density at radius 3 is 2.35 bits per heavy atom. The van der Waals surface area contributed by atoms with Gasteiger partial charge >= 0.3 is 0 Å². The highest BCUT2D eigenvalue weighted by Gasteiger charge is 2.08. The molecule has 0 radical (unpaired) electrons. The van der Waals surface area contributed by atoms with Gasteiger partial charge in [0.25, 0.3) is 0 Å². The lowest BCUT2D eigenvalue weighted by molar-refractivity contribution is 0.817. The third-order valence-electron chi connectivity index (χ3n) is 3.46. The van der Waals surface area contributed by atoms with Gasteiger partial charge in [0.15, 0.2) is 0 Å². The summed E-state index contributed by atoms with van der Waals surface area (Å²) < 4.78 is 0. The van der Waals surface area contributed by atoms with Gasteiger partial charge in [-0.1, -0.05) is 47.5 Å². The number of aryl methyl sites for hydroxylation is 1. The zero-order valence-corrected chi connectivity index (χ0v) is 13.0. The van der Waals surface area contributed by atoms with Crippen molar-refractivity contribution < 1.29 is 0 Å². The van der Waals surface area contributed by atoms with E-state index in [2.05, 4.69) is 49.2 Å². The zero-order valence-electron chi connectivity index (χ0n) is 12.2. The average Bonchev–Trinajstić information content (AvgIpc) is 2.40. The van der Waals surface area contributed by atoms with Crippen molar-refractivity contribution >= 4 is 17.3 Å². The summed E-state index contributed by atoms with van der Waals surface area (Å²) in [5, 5.41) is 0.730. The van der Waals surface area contributed by atoms with Crippen LogP contribution in [0.1, 0.15) is 29.7 Å². The summed E-state index contributed by atoms with van der Waals surface area (Å²) in [5.41, 5.74) is 10.5. The van der Waals surface area contributed by atoms with Gasteiger partial charge in [-0.3, -0.25) is 0 Å². The highest BCUT2D eigenvalue weighted by atomic mass is 35.5. The van der Waals surface area contributed by atoms with Crippen LogP contribution in [0.25, 0.3) is 0 Å². The Bertz CT molecular complexity index is 576. The molecule has 3 heteroatoms. The van der Waals surface area contributed by atoms with Crippen LogP contribution in [0, 0.1) is 6.92 Å². The summed E-state index contributed by atoms with van der Waals surface area (Å²) in [4.78, 5) is 2.18. The first-order valence-corrected chi connectivity index (χ1v) is 7.17. The third kappa shape index (κ3) is 3.53. The van der Waals surface area contributed by atoms with Gasteiger partial charge in [0.05, 0.1) is 0 Å². The summed E-state index contributed by atoms with van der Waals surface area (Å²) in [7, 11) is 2.07. The number of halogens is 1. The molecule has 0 heterocycles. The Morgan fingerprint density at radius 1 is 1.15 bits per heavy atom. The van der Waals surface area contributed by atoms with Crippen LogP contribution in [0.3, 0.4) is 0 Å². The molecule has 0 aliphatic carbocycles. The minimum Gasteiger partial charge on any atom is -0.370 e. The lowest BCUT2D eigenvalue weighted by atomic mass is 10.1. The summed E-state index contributed by atoms with van der Waals surface area (Å²) in [6.07, 6.45) is 0. The predicted octanol–water partition coefficient (Wildman–Crippen LogP) is 4.30. The van der Waals surface area contributed by atoms with E-state index in [9.17, 15) is 0 Å². The van der Waals surface area contributed by atoms with Crippen LogP contribution in [-0.2, 0) is 6.54 Å². The Labute approximate surface area is 126 Å². The van der Waals surface area contributed by atoms with Crippen molar-refractivity contribution in [1.82, 2.24) is 0 Å². The Morgan fingerprint density at radius 2 is 1.80 bits per heavy atom. The van der Waals surface area contributed by atoms with E-state index in [0.29, 0.717) is 0 Å². The summed E-state index contributed by atoms with van der Waals surface area (Å²) in [5.74, 6) is 0. The maximum Gasteiger partial charge on any atom is 0.0474 e. The van der Waals surface area contributed by atoms with Crippen molar-refractivity contribution in [2.24, 2.45) is 5.73 Å². The van der Waals surface area contributed by atoms with Crippen LogP contribution < -0.4 is 10.6 Å². The van der Waals surface area contributed by atoms with E-state index in [1.54, 1.807) is 0 Å². The first-order valence-electron chi connectivity index (χ1n) is 6.79. The van der Waals surface area contributed by atoms with E-state index in [4.69, 9.17) is 17.3 Å². The maximum absolute atomic E-state index is 6.29. The van der Waals surface area contributed by atoms with E-state index in [0.717, 1.165) is 22.8 Å².